The van der Waals surface area contributed by atoms with Gasteiger partial charge in [0.2, 0.25) is 0 Å². The summed E-state index contributed by atoms with van der Waals surface area (Å²) in [5, 5.41) is 20.8. The van der Waals surface area contributed by atoms with Crippen LogP contribution in [0.15, 0.2) is 71.7 Å². The minimum Gasteiger partial charge on any atom is -0.398 e. The maximum atomic E-state index is 14.2. The van der Waals surface area contributed by atoms with E-state index in [9.17, 15) is 18.7 Å². The summed E-state index contributed by atoms with van der Waals surface area (Å²) in [5.74, 6) is -2.13. The van der Waals surface area contributed by atoms with Crippen molar-refractivity contribution >= 4 is 40.7 Å². The summed E-state index contributed by atoms with van der Waals surface area (Å²) in [4.78, 5) is 22.6. The van der Waals surface area contributed by atoms with Gasteiger partial charge in [-0.2, -0.15) is 4.99 Å². The van der Waals surface area contributed by atoms with Crippen LogP contribution in [0.4, 0.5) is 31.5 Å². The zero-order chi connectivity index (χ0) is 35.9. The Morgan fingerprint density at radius 3 is 2.36 bits per heavy atom. The molecule has 1 atom stereocenters. The average Bonchev–Trinajstić information content (AvgIpc) is 3.08. The van der Waals surface area contributed by atoms with Gasteiger partial charge in [-0.15, -0.1) is 0 Å². The van der Waals surface area contributed by atoms with Crippen molar-refractivity contribution in [2.45, 2.75) is 32.2 Å². The molecule has 1 aliphatic rings. The Hall–Kier alpha value is -5.33. The van der Waals surface area contributed by atoms with E-state index in [2.05, 4.69) is 27.2 Å². The Kier molecular flexibility index (Phi) is 11.5. The molecule has 12 heteroatoms. The second-order valence-electron chi connectivity index (χ2n) is 12.6. The monoisotopic (exact) mass is 682 g/mol. The number of amides is 1. The number of nitrogens with zero attached hydrogens (tertiary/aromatic N) is 3. The number of halogens is 2. The molecule has 1 heterocycles. The molecule has 1 unspecified atom stereocenters. The molecule has 0 bridgehead atoms. The molecule has 1 fully saturated rings. The summed E-state index contributed by atoms with van der Waals surface area (Å²) in [7, 11) is 2.09. The highest BCUT2D eigenvalue weighted by Crippen LogP contribution is 2.33. The molecule has 50 heavy (non-hydrogen) atoms. The Morgan fingerprint density at radius 2 is 1.70 bits per heavy atom. The van der Waals surface area contributed by atoms with Gasteiger partial charge in [-0.3, -0.25) is 4.79 Å². The first-order chi connectivity index (χ1) is 24.0. The number of nitrogen functional groups attached to an aromatic ring is 2. The molecule has 4 aromatic rings. The van der Waals surface area contributed by atoms with Gasteiger partial charge in [-0.25, -0.2) is 8.78 Å². The largest absolute Gasteiger partial charge is 0.398 e. The van der Waals surface area contributed by atoms with Crippen molar-refractivity contribution in [1.82, 2.24) is 4.90 Å². The first-order valence-electron chi connectivity index (χ1n) is 16.6. The predicted octanol–water partition coefficient (Wildman–Crippen LogP) is 5.26. The molecule has 5 rings (SSSR count). The SMILES string of the molecule is CCC(CCO)Nc1cc(N2CCN(C)CC2)ccc1C(=O)N=C(N)c1cc(Cc2cc(F)cc(F)c2)c(-c2ccc(N)c(C=N)c2)cc1N. The topological polar surface area (TPSA) is 170 Å². The van der Waals surface area contributed by atoms with Gasteiger partial charge in [0.15, 0.2) is 0 Å². The number of hydrogen-bond acceptors (Lipinski definition) is 8. The number of aliphatic imine (C=N–C) groups is 1. The molecular weight excluding hydrogens is 638 g/mol. The third-order valence-electron chi connectivity index (χ3n) is 9.08. The first kappa shape index (κ1) is 36.0. The maximum absolute atomic E-state index is 14.2. The van der Waals surface area contributed by atoms with Crippen LogP contribution in [-0.2, 0) is 6.42 Å². The Balaban J connectivity index is 1.55. The molecule has 0 aromatic heterocycles. The molecule has 1 saturated heterocycles. The van der Waals surface area contributed by atoms with Crippen LogP contribution in [0.5, 0.6) is 0 Å². The van der Waals surface area contributed by atoms with E-state index in [1.807, 2.05) is 19.1 Å². The van der Waals surface area contributed by atoms with E-state index in [1.165, 1.54) is 12.1 Å². The lowest BCUT2D eigenvalue weighted by molar-refractivity contribution is 0.100. The minimum absolute atomic E-state index is 0.00302. The Labute approximate surface area is 291 Å². The molecule has 1 amide bonds. The maximum Gasteiger partial charge on any atom is 0.281 e. The van der Waals surface area contributed by atoms with Gasteiger partial charge in [0.05, 0.1) is 5.56 Å². The van der Waals surface area contributed by atoms with E-state index in [0.29, 0.717) is 51.2 Å². The summed E-state index contributed by atoms with van der Waals surface area (Å²) in [6.07, 6.45) is 2.48. The quantitative estimate of drug-likeness (QED) is 0.0668. The summed E-state index contributed by atoms with van der Waals surface area (Å²) < 4.78 is 28.4. The number of amidine groups is 1. The van der Waals surface area contributed by atoms with E-state index in [0.717, 1.165) is 50.6 Å². The zero-order valence-corrected chi connectivity index (χ0v) is 28.3. The van der Waals surface area contributed by atoms with Crippen molar-refractivity contribution in [2.75, 3.05) is 61.5 Å². The van der Waals surface area contributed by atoms with Crippen LogP contribution in [0.2, 0.25) is 0 Å². The normalized spacial score (nSPS) is 14.4. The van der Waals surface area contributed by atoms with Crippen LogP contribution < -0.4 is 27.4 Å². The van der Waals surface area contributed by atoms with Crippen molar-refractivity contribution in [3.8, 4) is 11.1 Å². The fourth-order valence-corrected chi connectivity index (χ4v) is 6.18. The molecule has 9 N–H and O–H groups in total. The average molecular weight is 683 g/mol. The highest BCUT2D eigenvalue weighted by molar-refractivity contribution is 6.13. The van der Waals surface area contributed by atoms with E-state index in [4.69, 9.17) is 22.6 Å². The number of nitrogens with one attached hydrogen (secondary N) is 2. The second kappa shape index (κ2) is 15.9. The standard InChI is InChI=1S/C38H44F2N8O2/c1-3-29(8-13-49)45-36-20-30(48-11-9-47(2)10-12-48)5-6-31(36)38(50)46-37(44)33-18-25(14-23-15-27(39)19-28(40)16-23)32(21-35(33)43)24-4-7-34(42)26(17-24)22-41/h4-7,15-22,29,41,45,49H,3,8-14,42-43H2,1-2H3,(H2,44,46,50). The molecule has 10 nitrogen and oxygen atoms in total. The van der Waals surface area contributed by atoms with Crippen molar-refractivity contribution in [1.29, 1.82) is 5.41 Å². The second-order valence-corrected chi connectivity index (χ2v) is 12.6. The highest BCUT2D eigenvalue weighted by Gasteiger charge is 2.21. The number of hydrogen-bond donors (Lipinski definition) is 6. The minimum atomic E-state index is -0.713. The fourth-order valence-electron chi connectivity index (χ4n) is 6.18. The molecule has 4 aromatic carbocycles. The van der Waals surface area contributed by atoms with E-state index in [1.54, 1.807) is 36.4 Å². The molecule has 1 aliphatic heterocycles. The van der Waals surface area contributed by atoms with E-state index in [-0.39, 0.29) is 36.2 Å². The van der Waals surface area contributed by atoms with E-state index >= 15 is 0 Å². The number of anilines is 4. The van der Waals surface area contributed by atoms with Gasteiger partial charge in [0.1, 0.15) is 17.5 Å². The number of aliphatic hydroxyl groups is 1. The Morgan fingerprint density at radius 1 is 0.980 bits per heavy atom. The number of aliphatic hydroxyl groups excluding tert-OH is 1. The van der Waals surface area contributed by atoms with E-state index < -0.39 is 17.5 Å². The van der Waals surface area contributed by atoms with Crippen LogP contribution in [0, 0.1) is 17.0 Å². The number of carbonyl (C=O) groups excluding carboxylic acids is 1. The van der Waals surface area contributed by atoms with Gasteiger partial charge in [0, 0.05) is 85.0 Å². The summed E-state index contributed by atoms with van der Waals surface area (Å²) in [5.41, 5.74) is 24.7. The lowest BCUT2D eigenvalue weighted by Gasteiger charge is -2.34. The summed E-state index contributed by atoms with van der Waals surface area (Å²) in [6, 6.07) is 17.3. The number of likely N-dealkylation sites (N-methyl/N-ethyl adjacent to an activating group) is 1. The first-order valence-corrected chi connectivity index (χ1v) is 16.6. The number of nitrogens with two attached hydrogens (primary N) is 3. The van der Waals surface area contributed by atoms with Crippen molar-refractivity contribution in [3.63, 3.8) is 0 Å². The molecular formula is C38H44F2N8O2. The number of carbonyl (C=O) groups is 1. The smallest absolute Gasteiger partial charge is 0.281 e. The summed E-state index contributed by atoms with van der Waals surface area (Å²) in [6.45, 7) is 5.54. The summed E-state index contributed by atoms with van der Waals surface area (Å²) >= 11 is 0. The van der Waals surface area contributed by atoms with Gasteiger partial charge < -0.3 is 42.8 Å². The van der Waals surface area contributed by atoms with Crippen LogP contribution in [0.3, 0.4) is 0 Å². The van der Waals surface area contributed by atoms with Crippen molar-refractivity contribution < 1.29 is 18.7 Å². The van der Waals surface area contributed by atoms with Gasteiger partial charge in [0.25, 0.3) is 5.91 Å². The predicted molar refractivity (Wildman–Crippen MR) is 198 cm³/mol. The van der Waals surface area contributed by atoms with Crippen molar-refractivity contribution in [2.24, 2.45) is 10.7 Å². The third-order valence-corrected chi connectivity index (χ3v) is 9.08. The lowest BCUT2D eigenvalue weighted by atomic mass is 9.91. The molecule has 262 valence electrons. The lowest BCUT2D eigenvalue weighted by Crippen LogP contribution is -2.44. The van der Waals surface area contributed by atoms with Gasteiger partial charge in [-0.05, 0) is 103 Å². The number of benzene rings is 4. The molecule has 0 saturated carbocycles. The van der Waals surface area contributed by atoms with Crippen LogP contribution in [0.25, 0.3) is 11.1 Å². The zero-order valence-electron chi connectivity index (χ0n) is 28.3. The molecule has 0 spiro atoms. The van der Waals surface area contributed by atoms with Crippen LogP contribution in [-0.4, -0.2) is 73.8 Å². The van der Waals surface area contributed by atoms with Gasteiger partial charge >= 0.3 is 0 Å². The van der Waals surface area contributed by atoms with Crippen LogP contribution in [0.1, 0.15) is 52.4 Å². The third kappa shape index (κ3) is 8.44. The highest BCUT2D eigenvalue weighted by atomic mass is 19.1. The van der Waals surface area contributed by atoms with Crippen LogP contribution >= 0.6 is 0 Å². The number of piperazine rings is 1. The fraction of sp³-hybridized carbons (Fsp3) is 0.289. The Bertz CT molecular complexity index is 1890. The molecule has 0 aliphatic carbocycles. The van der Waals surface area contributed by atoms with Gasteiger partial charge in [-0.1, -0.05) is 13.0 Å². The van der Waals surface area contributed by atoms with Crippen molar-refractivity contribution in [3.05, 3.63) is 106 Å². The molecule has 0 radical (unpaired) electrons. The number of rotatable bonds is 12.